The van der Waals surface area contributed by atoms with Crippen LogP contribution < -0.4 is 0 Å². The molecule has 0 spiro atoms. The van der Waals surface area contributed by atoms with E-state index in [0.29, 0.717) is 38.3 Å². The van der Waals surface area contributed by atoms with Crippen LogP contribution in [0.4, 0.5) is 0 Å². The van der Waals surface area contributed by atoms with E-state index in [4.69, 9.17) is 5.26 Å². The molecule has 4 nitrogen and oxygen atoms in total. The highest BCUT2D eigenvalue weighted by molar-refractivity contribution is 5.86. The summed E-state index contributed by atoms with van der Waals surface area (Å²) < 4.78 is 0. The van der Waals surface area contributed by atoms with E-state index < -0.39 is 11.5 Å². The van der Waals surface area contributed by atoms with E-state index in [2.05, 4.69) is 13.0 Å². The van der Waals surface area contributed by atoms with Crippen molar-refractivity contribution in [2.24, 2.45) is 11.3 Å². The van der Waals surface area contributed by atoms with Crippen molar-refractivity contribution < 1.29 is 9.90 Å². The number of nitrogens with zero attached hydrogens (tertiary/aromatic N) is 2. The maximum absolute atomic E-state index is 12.1. The van der Waals surface area contributed by atoms with Crippen molar-refractivity contribution in [1.82, 2.24) is 4.90 Å². The number of aliphatic hydroxyl groups is 1. The minimum absolute atomic E-state index is 0.0698. The van der Waals surface area contributed by atoms with Gasteiger partial charge in [0.25, 0.3) is 0 Å². The lowest BCUT2D eigenvalue weighted by Crippen LogP contribution is -2.49. The Morgan fingerprint density at radius 3 is 2.67 bits per heavy atom. The Morgan fingerprint density at radius 1 is 1.60 bits per heavy atom. The molecule has 4 heteroatoms. The van der Waals surface area contributed by atoms with Gasteiger partial charge in [0.15, 0.2) is 0 Å². The minimum Gasteiger partial charge on any atom is -0.391 e. The molecule has 82 valence electrons. The van der Waals surface area contributed by atoms with Gasteiger partial charge in [0.2, 0.25) is 5.91 Å². The summed E-state index contributed by atoms with van der Waals surface area (Å²) in [6, 6.07) is 2.16. The van der Waals surface area contributed by atoms with Crippen LogP contribution in [0.2, 0.25) is 0 Å². The Kier molecular flexibility index (Phi) is 2.43. The van der Waals surface area contributed by atoms with Gasteiger partial charge in [-0.3, -0.25) is 4.79 Å². The monoisotopic (exact) mass is 208 g/mol. The quantitative estimate of drug-likeness (QED) is 0.683. The summed E-state index contributed by atoms with van der Waals surface area (Å²) in [5.41, 5.74) is -0.774. The van der Waals surface area contributed by atoms with E-state index in [9.17, 15) is 9.90 Å². The van der Waals surface area contributed by atoms with Crippen LogP contribution in [0.5, 0.6) is 0 Å². The van der Waals surface area contributed by atoms with Crippen LogP contribution in [-0.4, -0.2) is 35.1 Å². The molecular formula is C11H16N2O2. The number of β-amino-alcohol motifs (C(OH)–C–C–N with tert-alkyl or cyclic N) is 1. The molecule has 0 bridgehead atoms. The molecule has 1 aliphatic heterocycles. The molecule has 2 aliphatic rings. The summed E-state index contributed by atoms with van der Waals surface area (Å²) in [6.07, 6.45) is 1.59. The van der Waals surface area contributed by atoms with Crippen LogP contribution in [0.3, 0.4) is 0 Å². The topological polar surface area (TPSA) is 64.3 Å². The molecule has 0 unspecified atom stereocenters. The number of rotatable bonds is 1. The molecule has 1 aliphatic carbocycles. The number of hydrogen-bond acceptors (Lipinski definition) is 3. The van der Waals surface area contributed by atoms with Crippen LogP contribution >= 0.6 is 0 Å². The minimum atomic E-state index is -0.774. The number of aliphatic hydroxyl groups excluding tert-OH is 1. The predicted molar refractivity (Wildman–Crippen MR) is 53.6 cm³/mol. The second kappa shape index (κ2) is 3.49. The second-order valence-corrected chi connectivity index (χ2v) is 4.90. The van der Waals surface area contributed by atoms with Crippen LogP contribution in [0.25, 0.3) is 0 Å². The number of carbonyl (C=O) groups is 1. The second-order valence-electron chi connectivity index (χ2n) is 4.90. The van der Waals surface area contributed by atoms with Gasteiger partial charge < -0.3 is 10.0 Å². The molecule has 0 radical (unpaired) electrons. The fourth-order valence-corrected chi connectivity index (χ4v) is 2.67. The molecule has 15 heavy (non-hydrogen) atoms. The van der Waals surface area contributed by atoms with Crippen LogP contribution in [-0.2, 0) is 4.79 Å². The van der Waals surface area contributed by atoms with E-state index >= 15 is 0 Å². The Bertz CT molecular complexity index is 315. The smallest absolute Gasteiger partial charge is 0.243 e. The lowest BCUT2D eigenvalue weighted by atomic mass is 9.63. The molecule has 2 fully saturated rings. The zero-order valence-corrected chi connectivity index (χ0v) is 8.94. The van der Waals surface area contributed by atoms with Crippen molar-refractivity contribution >= 4 is 5.91 Å². The van der Waals surface area contributed by atoms with Crippen molar-refractivity contribution in [3.63, 3.8) is 0 Å². The SMILES string of the molecule is CC1CC(C#N)(C(=O)N2CC[C@H](O)C2)C1. The van der Waals surface area contributed by atoms with Gasteiger partial charge in [0, 0.05) is 13.1 Å². The Hall–Kier alpha value is -1.08. The molecular weight excluding hydrogens is 192 g/mol. The van der Waals surface area contributed by atoms with E-state index in [1.165, 1.54) is 0 Å². The summed E-state index contributed by atoms with van der Waals surface area (Å²) in [6.45, 7) is 3.05. The average Bonchev–Trinajstić information content (AvgIpc) is 2.58. The van der Waals surface area contributed by atoms with Gasteiger partial charge in [-0.1, -0.05) is 6.92 Å². The Labute approximate surface area is 89.5 Å². The van der Waals surface area contributed by atoms with Gasteiger partial charge in [-0.25, -0.2) is 0 Å². The molecule has 1 amide bonds. The van der Waals surface area contributed by atoms with Crippen LogP contribution in [0, 0.1) is 22.7 Å². The fourth-order valence-electron chi connectivity index (χ4n) is 2.67. The van der Waals surface area contributed by atoms with Gasteiger partial charge >= 0.3 is 0 Å². The maximum atomic E-state index is 12.1. The largest absolute Gasteiger partial charge is 0.391 e. The van der Waals surface area contributed by atoms with E-state index in [-0.39, 0.29) is 5.91 Å². The van der Waals surface area contributed by atoms with Gasteiger partial charge in [-0.2, -0.15) is 5.26 Å². The maximum Gasteiger partial charge on any atom is 0.243 e. The Balaban J connectivity index is 2.05. The third kappa shape index (κ3) is 1.61. The number of carbonyl (C=O) groups excluding carboxylic acids is 1. The lowest BCUT2D eigenvalue weighted by molar-refractivity contribution is -0.144. The molecule has 0 aromatic rings. The van der Waals surface area contributed by atoms with Gasteiger partial charge in [-0.05, 0) is 25.2 Å². The molecule has 2 rings (SSSR count). The first-order chi connectivity index (χ1) is 7.07. The number of hydrogen-bond donors (Lipinski definition) is 1. The van der Waals surface area contributed by atoms with Crippen molar-refractivity contribution in [3.8, 4) is 6.07 Å². The first kappa shape index (κ1) is 10.4. The summed E-state index contributed by atoms with van der Waals surface area (Å²) in [5, 5.41) is 18.4. The molecule has 0 aromatic heterocycles. The summed E-state index contributed by atoms with van der Waals surface area (Å²) >= 11 is 0. The Morgan fingerprint density at radius 2 is 2.27 bits per heavy atom. The third-order valence-electron chi connectivity index (χ3n) is 3.47. The van der Waals surface area contributed by atoms with Crippen molar-refractivity contribution in [1.29, 1.82) is 5.26 Å². The number of amides is 1. The highest BCUT2D eigenvalue weighted by atomic mass is 16.3. The first-order valence-electron chi connectivity index (χ1n) is 5.46. The van der Waals surface area contributed by atoms with E-state index in [0.717, 1.165) is 0 Å². The summed E-state index contributed by atoms with van der Waals surface area (Å²) in [5.74, 6) is 0.403. The predicted octanol–water partition coefficient (Wildman–Crippen LogP) is 0.519. The molecule has 1 saturated carbocycles. The van der Waals surface area contributed by atoms with Crippen LogP contribution in [0.15, 0.2) is 0 Å². The molecule has 1 heterocycles. The highest BCUT2D eigenvalue weighted by Crippen LogP contribution is 2.46. The lowest BCUT2D eigenvalue weighted by Gasteiger charge is -2.41. The van der Waals surface area contributed by atoms with Gasteiger partial charge in [0.05, 0.1) is 12.2 Å². The van der Waals surface area contributed by atoms with Crippen LogP contribution in [0.1, 0.15) is 26.2 Å². The fraction of sp³-hybridized carbons (Fsp3) is 0.818. The third-order valence-corrected chi connectivity index (χ3v) is 3.47. The van der Waals surface area contributed by atoms with Gasteiger partial charge in [-0.15, -0.1) is 0 Å². The van der Waals surface area contributed by atoms with E-state index in [1.54, 1.807) is 4.90 Å². The number of nitriles is 1. The van der Waals surface area contributed by atoms with Gasteiger partial charge in [0.1, 0.15) is 5.41 Å². The summed E-state index contributed by atoms with van der Waals surface area (Å²) in [4.78, 5) is 13.7. The van der Waals surface area contributed by atoms with Crippen molar-refractivity contribution in [3.05, 3.63) is 0 Å². The molecule has 1 saturated heterocycles. The average molecular weight is 208 g/mol. The number of likely N-dealkylation sites (tertiary alicyclic amines) is 1. The molecule has 1 N–H and O–H groups in total. The summed E-state index contributed by atoms with van der Waals surface area (Å²) in [7, 11) is 0. The zero-order valence-electron chi connectivity index (χ0n) is 8.94. The zero-order chi connectivity index (χ0) is 11.1. The normalized spacial score (nSPS) is 39.7. The molecule has 0 aromatic carbocycles. The van der Waals surface area contributed by atoms with Crippen molar-refractivity contribution in [2.75, 3.05) is 13.1 Å². The first-order valence-corrected chi connectivity index (χ1v) is 5.46. The van der Waals surface area contributed by atoms with E-state index in [1.807, 2.05) is 0 Å². The highest BCUT2D eigenvalue weighted by Gasteiger charge is 2.51. The standard InChI is InChI=1S/C11H16N2O2/c1-8-4-11(5-8,7-12)10(15)13-3-2-9(14)6-13/h8-9,14H,2-6H2,1H3/t8?,9-,11?/m0/s1. The molecule has 1 atom stereocenters. The van der Waals surface area contributed by atoms with Crippen molar-refractivity contribution in [2.45, 2.75) is 32.3 Å².